The minimum atomic E-state index is -0.891. The number of nitrogens with zero attached hydrogens (tertiary/aromatic N) is 2. The second-order valence-electron chi connectivity index (χ2n) is 5.80. The Morgan fingerprint density at radius 1 is 1.23 bits per heavy atom. The Labute approximate surface area is 146 Å². The molecule has 1 fully saturated rings. The van der Waals surface area contributed by atoms with Crippen molar-refractivity contribution >= 4 is 28.9 Å². The van der Waals surface area contributed by atoms with Crippen molar-refractivity contribution in [3.63, 3.8) is 0 Å². The summed E-state index contributed by atoms with van der Waals surface area (Å²) < 4.78 is 26.9. The summed E-state index contributed by atoms with van der Waals surface area (Å²) in [5.41, 5.74) is -0.0505. The van der Waals surface area contributed by atoms with Gasteiger partial charge in [-0.05, 0) is 18.2 Å². The van der Waals surface area contributed by atoms with Crippen molar-refractivity contribution in [1.29, 1.82) is 0 Å². The lowest BCUT2D eigenvalue weighted by molar-refractivity contribution is -0.384. The van der Waals surface area contributed by atoms with E-state index in [1.807, 2.05) is 0 Å². The number of carbonyl (C=O) groups is 2. The van der Waals surface area contributed by atoms with Gasteiger partial charge >= 0.3 is 0 Å². The smallest absolute Gasteiger partial charge is 0.271 e. The van der Waals surface area contributed by atoms with Gasteiger partial charge in [0.25, 0.3) is 5.69 Å². The standard InChI is InChI=1S/C17H13F2N3O4/c18-11-4-5-15(14(19)7-11)21-9-10(6-16(21)23)17(24)20-12-2-1-3-13(8-12)22(25)26/h1-5,7-8,10H,6,9H2,(H,20,24). The van der Waals surface area contributed by atoms with E-state index in [1.54, 1.807) is 0 Å². The van der Waals surface area contributed by atoms with Gasteiger partial charge in [0.1, 0.15) is 11.6 Å². The van der Waals surface area contributed by atoms with E-state index >= 15 is 0 Å². The summed E-state index contributed by atoms with van der Waals surface area (Å²) >= 11 is 0. The van der Waals surface area contributed by atoms with Crippen LogP contribution in [0.3, 0.4) is 0 Å². The van der Waals surface area contributed by atoms with E-state index in [-0.39, 0.29) is 30.0 Å². The second-order valence-corrected chi connectivity index (χ2v) is 5.80. The summed E-state index contributed by atoms with van der Waals surface area (Å²) in [5, 5.41) is 13.3. The third-order valence-corrected chi connectivity index (χ3v) is 4.02. The minimum Gasteiger partial charge on any atom is -0.326 e. The van der Waals surface area contributed by atoms with Crippen molar-refractivity contribution in [3.8, 4) is 0 Å². The molecule has 0 radical (unpaired) electrons. The average Bonchev–Trinajstić information content (AvgIpc) is 2.97. The number of non-ortho nitro benzene ring substituents is 1. The van der Waals surface area contributed by atoms with Crippen molar-refractivity contribution in [2.45, 2.75) is 6.42 Å². The van der Waals surface area contributed by atoms with Crippen molar-refractivity contribution in [1.82, 2.24) is 0 Å². The molecule has 2 aromatic carbocycles. The SMILES string of the molecule is O=C(Nc1cccc([N+](=O)[O-])c1)C1CC(=O)N(c2ccc(F)cc2F)C1. The maximum Gasteiger partial charge on any atom is 0.271 e. The zero-order valence-corrected chi connectivity index (χ0v) is 13.3. The number of hydrogen-bond donors (Lipinski definition) is 1. The molecular formula is C17H13F2N3O4. The van der Waals surface area contributed by atoms with Gasteiger partial charge in [-0.15, -0.1) is 0 Å². The minimum absolute atomic E-state index is 0.0673. The maximum atomic E-state index is 13.9. The topological polar surface area (TPSA) is 92.5 Å². The molecule has 3 rings (SSSR count). The van der Waals surface area contributed by atoms with Crippen LogP contribution in [0, 0.1) is 27.7 Å². The zero-order valence-electron chi connectivity index (χ0n) is 13.3. The van der Waals surface area contributed by atoms with Crippen LogP contribution in [-0.2, 0) is 9.59 Å². The molecule has 9 heteroatoms. The Balaban J connectivity index is 1.73. The van der Waals surface area contributed by atoms with Crippen LogP contribution in [0.5, 0.6) is 0 Å². The number of anilines is 2. The summed E-state index contributed by atoms with van der Waals surface area (Å²) in [6.07, 6.45) is -0.141. The summed E-state index contributed by atoms with van der Waals surface area (Å²) in [7, 11) is 0. The molecule has 0 saturated carbocycles. The molecular weight excluding hydrogens is 348 g/mol. The first kappa shape index (κ1) is 17.5. The van der Waals surface area contributed by atoms with Gasteiger partial charge in [-0.1, -0.05) is 6.07 Å². The Bertz CT molecular complexity index is 903. The molecule has 2 amide bonds. The predicted molar refractivity (Wildman–Crippen MR) is 88.5 cm³/mol. The van der Waals surface area contributed by atoms with E-state index < -0.39 is 34.3 Å². The van der Waals surface area contributed by atoms with Gasteiger partial charge in [0.15, 0.2) is 0 Å². The molecule has 2 aromatic rings. The van der Waals surface area contributed by atoms with Crippen LogP contribution in [0.2, 0.25) is 0 Å². The normalized spacial score (nSPS) is 16.6. The molecule has 26 heavy (non-hydrogen) atoms. The largest absolute Gasteiger partial charge is 0.326 e. The first-order valence-electron chi connectivity index (χ1n) is 7.66. The van der Waals surface area contributed by atoms with Gasteiger partial charge in [0.2, 0.25) is 11.8 Å². The number of nitrogens with one attached hydrogen (secondary N) is 1. The molecule has 134 valence electrons. The van der Waals surface area contributed by atoms with E-state index in [9.17, 15) is 28.5 Å². The molecule has 1 aliphatic rings. The molecule has 1 heterocycles. The number of carbonyl (C=O) groups excluding carboxylic acids is 2. The van der Waals surface area contributed by atoms with Gasteiger partial charge in [-0.3, -0.25) is 19.7 Å². The lowest BCUT2D eigenvalue weighted by Crippen LogP contribution is -2.28. The molecule has 1 N–H and O–H groups in total. The maximum absolute atomic E-state index is 13.9. The third-order valence-electron chi connectivity index (χ3n) is 4.02. The fourth-order valence-corrected chi connectivity index (χ4v) is 2.76. The molecule has 1 aliphatic heterocycles. The lowest BCUT2D eigenvalue weighted by Gasteiger charge is -2.17. The van der Waals surface area contributed by atoms with E-state index in [0.29, 0.717) is 6.07 Å². The van der Waals surface area contributed by atoms with Crippen LogP contribution in [-0.4, -0.2) is 23.3 Å². The van der Waals surface area contributed by atoms with Crippen molar-refractivity contribution in [3.05, 3.63) is 64.2 Å². The number of benzene rings is 2. The summed E-state index contributed by atoms with van der Waals surface area (Å²) in [4.78, 5) is 35.7. The Kier molecular flexibility index (Phi) is 4.61. The van der Waals surface area contributed by atoms with Crippen molar-refractivity contribution < 1.29 is 23.3 Å². The van der Waals surface area contributed by atoms with Crippen LogP contribution < -0.4 is 10.2 Å². The molecule has 0 bridgehead atoms. The zero-order chi connectivity index (χ0) is 18.8. The highest BCUT2D eigenvalue weighted by atomic mass is 19.1. The third kappa shape index (κ3) is 3.51. The molecule has 1 saturated heterocycles. The second kappa shape index (κ2) is 6.87. The van der Waals surface area contributed by atoms with Gasteiger partial charge in [-0.2, -0.15) is 0 Å². The fraction of sp³-hybridized carbons (Fsp3) is 0.176. The van der Waals surface area contributed by atoms with E-state index in [2.05, 4.69) is 5.32 Å². The molecule has 1 unspecified atom stereocenters. The van der Waals surface area contributed by atoms with Gasteiger partial charge in [0.05, 0.1) is 16.5 Å². The molecule has 1 atom stereocenters. The number of nitro benzene ring substituents is 1. The highest BCUT2D eigenvalue weighted by Gasteiger charge is 2.36. The summed E-state index contributed by atoms with van der Waals surface area (Å²) in [5.74, 6) is -3.39. The van der Waals surface area contributed by atoms with Crippen LogP contribution in [0.4, 0.5) is 25.8 Å². The van der Waals surface area contributed by atoms with E-state index in [0.717, 1.165) is 17.0 Å². The summed E-state index contributed by atoms with van der Waals surface area (Å²) in [6.45, 7) is -0.0673. The molecule has 0 aromatic heterocycles. The highest BCUT2D eigenvalue weighted by molar-refractivity contribution is 6.03. The number of nitro groups is 1. The number of halogens is 2. The van der Waals surface area contributed by atoms with E-state index in [4.69, 9.17) is 0 Å². The molecule has 7 nitrogen and oxygen atoms in total. The Hall–Kier alpha value is -3.36. The van der Waals surface area contributed by atoms with Gasteiger partial charge in [-0.25, -0.2) is 8.78 Å². The Morgan fingerprint density at radius 3 is 2.69 bits per heavy atom. The van der Waals surface area contributed by atoms with Crippen LogP contribution >= 0.6 is 0 Å². The van der Waals surface area contributed by atoms with Crippen LogP contribution in [0.25, 0.3) is 0 Å². The number of rotatable bonds is 4. The number of hydrogen-bond acceptors (Lipinski definition) is 4. The predicted octanol–water partition coefficient (Wildman–Crippen LogP) is 2.86. The van der Waals surface area contributed by atoms with Crippen molar-refractivity contribution in [2.75, 3.05) is 16.8 Å². The molecule has 0 spiro atoms. The Morgan fingerprint density at radius 2 is 2.00 bits per heavy atom. The highest BCUT2D eigenvalue weighted by Crippen LogP contribution is 2.29. The monoisotopic (exact) mass is 361 g/mol. The van der Waals surface area contributed by atoms with E-state index in [1.165, 1.54) is 24.3 Å². The summed E-state index contributed by atoms with van der Waals surface area (Å²) in [6, 6.07) is 8.23. The van der Waals surface area contributed by atoms with Crippen LogP contribution in [0.15, 0.2) is 42.5 Å². The van der Waals surface area contributed by atoms with Crippen molar-refractivity contribution in [2.24, 2.45) is 5.92 Å². The van der Waals surface area contributed by atoms with Gasteiger partial charge in [0, 0.05) is 36.9 Å². The molecule has 0 aliphatic carbocycles. The lowest BCUT2D eigenvalue weighted by atomic mass is 10.1. The fourth-order valence-electron chi connectivity index (χ4n) is 2.76. The first-order valence-corrected chi connectivity index (χ1v) is 7.66. The average molecular weight is 361 g/mol. The number of amides is 2. The quantitative estimate of drug-likeness (QED) is 0.669. The first-order chi connectivity index (χ1) is 12.3. The van der Waals surface area contributed by atoms with Crippen LogP contribution in [0.1, 0.15) is 6.42 Å². The van der Waals surface area contributed by atoms with Gasteiger partial charge < -0.3 is 10.2 Å².